The van der Waals surface area contributed by atoms with Crippen LogP contribution in [0.4, 0.5) is 5.82 Å². The number of anilines is 1. The van der Waals surface area contributed by atoms with Crippen LogP contribution in [0.2, 0.25) is 10.0 Å². The van der Waals surface area contributed by atoms with Crippen molar-refractivity contribution in [2.24, 2.45) is 0 Å². The van der Waals surface area contributed by atoms with Gasteiger partial charge in [0.05, 0.1) is 0 Å². The van der Waals surface area contributed by atoms with Gasteiger partial charge in [-0.05, 0) is 67.8 Å². The van der Waals surface area contributed by atoms with Gasteiger partial charge >= 0.3 is 0 Å². The Kier molecular flexibility index (Phi) is 4.64. The Hall–Kier alpha value is -2.70. The summed E-state index contributed by atoms with van der Waals surface area (Å²) in [6, 6.07) is 16.2. The number of hydrogen-bond donors (Lipinski definition) is 2. The van der Waals surface area contributed by atoms with Gasteiger partial charge in [-0.15, -0.1) is 0 Å². The summed E-state index contributed by atoms with van der Waals surface area (Å²) in [6.45, 7) is -0.0163. The predicted octanol–water partition coefficient (Wildman–Crippen LogP) is 4.93. The van der Waals surface area contributed by atoms with Crippen molar-refractivity contribution in [2.45, 2.75) is 30.3 Å². The zero-order chi connectivity index (χ0) is 20.8. The van der Waals surface area contributed by atoms with E-state index in [4.69, 9.17) is 32.5 Å². The van der Waals surface area contributed by atoms with Gasteiger partial charge in [-0.1, -0.05) is 28.4 Å². The van der Waals surface area contributed by atoms with Crippen molar-refractivity contribution >= 4 is 34.9 Å². The van der Waals surface area contributed by atoms with Crippen molar-refractivity contribution in [3.05, 3.63) is 64.6 Å². The third-order valence-electron chi connectivity index (χ3n) is 5.65. The number of ether oxygens (including phenoxy) is 1. The van der Waals surface area contributed by atoms with Gasteiger partial charge < -0.3 is 19.9 Å². The Balaban J connectivity index is 1.11. The van der Waals surface area contributed by atoms with Crippen molar-refractivity contribution in [2.75, 3.05) is 11.9 Å². The Morgan fingerprint density at radius 1 is 1.00 bits per heavy atom. The number of benzene rings is 2. The molecular weight excluding hydrogens is 425 g/mol. The highest BCUT2D eigenvalue weighted by Crippen LogP contribution is 2.61. The van der Waals surface area contributed by atoms with Gasteiger partial charge in [0.25, 0.3) is 5.91 Å². The standard InChI is InChI=1S/C22H19Cl2N3O3/c23-15-3-1-14(2-4-15)18-9-19(27-30-18)25-21-11-22(12-21,13-21)26-20(28)10-29-17-7-5-16(24)6-8-17/h1-9H,10-13H2,(H,25,27)(H,26,28). The highest BCUT2D eigenvalue weighted by Gasteiger charge is 2.69. The molecule has 6 nitrogen and oxygen atoms in total. The van der Waals surface area contributed by atoms with Gasteiger partial charge in [0.1, 0.15) is 5.75 Å². The molecule has 0 unspecified atom stereocenters. The Bertz CT molecular complexity index is 1060. The second-order valence-electron chi connectivity index (χ2n) is 8.09. The molecule has 2 N–H and O–H groups in total. The molecule has 2 aromatic carbocycles. The number of carbonyl (C=O) groups excluding carboxylic acids is 1. The van der Waals surface area contributed by atoms with E-state index in [1.165, 1.54) is 0 Å². The first-order chi connectivity index (χ1) is 14.4. The van der Waals surface area contributed by atoms with Crippen LogP contribution in [0, 0.1) is 0 Å². The Morgan fingerprint density at radius 3 is 2.30 bits per heavy atom. The summed E-state index contributed by atoms with van der Waals surface area (Å²) in [5.74, 6) is 1.88. The summed E-state index contributed by atoms with van der Waals surface area (Å²) in [5.41, 5.74) is 0.747. The summed E-state index contributed by atoms with van der Waals surface area (Å²) in [5, 5.41) is 12.0. The number of aromatic nitrogens is 1. The van der Waals surface area contributed by atoms with Crippen LogP contribution in [0.5, 0.6) is 5.75 Å². The molecule has 3 fully saturated rings. The van der Waals surface area contributed by atoms with Crippen LogP contribution < -0.4 is 15.4 Å². The van der Waals surface area contributed by atoms with Gasteiger partial charge in [0.15, 0.2) is 18.2 Å². The molecule has 3 aliphatic rings. The lowest BCUT2D eigenvalue weighted by atomic mass is 9.44. The molecule has 1 aromatic heterocycles. The second-order valence-corrected chi connectivity index (χ2v) is 8.96. The smallest absolute Gasteiger partial charge is 0.258 e. The van der Waals surface area contributed by atoms with E-state index in [2.05, 4.69) is 15.8 Å². The quantitative estimate of drug-likeness (QED) is 0.541. The minimum absolute atomic E-state index is 0.0163. The van der Waals surface area contributed by atoms with Crippen LogP contribution in [-0.4, -0.2) is 28.7 Å². The fraction of sp³-hybridized carbons (Fsp3) is 0.273. The highest BCUT2D eigenvalue weighted by atomic mass is 35.5. The zero-order valence-corrected chi connectivity index (χ0v) is 17.5. The number of rotatable bonds is 7. The SMILES string of the molecule is O=C(COc1ccc(Cl)cc1)NC12CC(Nc3cc(-c4ccc(Cl)cc4)on3)(C1)C2. The average molecular weight is 444 g/mol. The molecule has 0 saturated heterocycles. The fourth-order valence-corrected chi connectivity index (χ4v) is 4.67. The van der Waals surface area contributed by atoms with Gasteiger partial charge in [0.2, 0.25) is 0 Å². The van der Waals surface area contributed by atoms with E-state index in [-0.39, 0.29) is 23.6 Å². The van der Waals surface area contributed by atoms with Crippen molar-refractivity contribution in [1.29, 1.82) is 0 Å². The summed E-state index contributed by atoms with van der Waals surface area (Å²) in [7, 11) is 0. The molecule has 3 saturated carbocycles. The molecule has 6 rings (SSSR count). The maximum absolute atomic E-state index is 12.2. The molecule has 2 bridgehead atoms. The first kappa shape index (κ1) is 19.3. The molecule has 8 heteroatoms. The minimum atomic E-state index is -0.143. The Labute approximate surface area is 183 Å². The Morgan fingerprint density at radius 2 is 1.63 bits per heavy atom. The van der Waals surface area contributed by atoms with Crippen LogP contribution in [0.1, 0.15) is 19.3 Å². The molecular formula is C22H19Cl2N3O3. The lowest BCUT2D eigenvalue weighted by Crippen LogP contribution is -2.81. The maximum Gasteiger partial charge on any atom is 0.258 e. The molecule has 154 valence electrons. The highest BCUT2D eigenvalue weighted by molar-refractivity contribution is 6.30. The van der Waals surface area contributed by atoms with Gasteiger partial charge in [-0.2, -0.15) is 0 Å². The third-order valence-corrected chi connectivity index (χ3v) is 6.15. The van der Waals surface area contributed by atoms with Crippen LogP contribution in [0.25, 0.3) is 11.3 Å². The predicted molar refractivity (Wildman–Crippen MR) is 115 cm³/mol. The molecule has 30 heavy (non-hydrogen) atoms. The van der Waals surface area contributed by atoms with Crippen LogP contribution >= 0.6 is 23.2 Å². The van der Waals surface area contributed by atoms with E-state index in [1.807, 2.05) is 30.3 Å². The van der Waals surface area contributed by atoms with E-state index in [0.717, 1.165) is 24.8 Å². The molecule has 3 aromatic rings. The summed E-state index contributed by atoms with van der Waals surface area (Å²) < 4.78 is 11.0. The molecule has 1 amide bonds. The lowest BCUT2D eigenvalue weighted by Gasteiger charge is -2.70. The zero-order valence-electron chi connectivity index (χ0n) is 16.0. The van der Waals surface area contributed by atoms with Crippen molar-refractivity contribution in [3.8, 4) is 17.1 Å². The van der Waals surface area contributed by atoms with Crippen molar-refractivity contribution in [3.63, 3.8) is 0 Å². The summed E-state index contributed by atoms with van der Waals surface area (Å²) >= 11 is 11.8. The van der Waals surface area contributed by atoms with Gasteiger partial charge in [-0.3, -0.25) is 4.79 Å². The molecule has 0 aliphatic heterocycles. The molecule has 0 atom stereocenters. The molecule has 3 aliphatic carbocycles. The first-order valence-corrected chi connectivity index (χ1v) is 10.4. The molecule has 1 heterocycles. The van der Waals surface area contributed by atoms with Crippen molar-refractivity contribution in [1.82, 2.24) is 10.5 Å². The summed E-state index contributed by atoms with van der Waals surface area (Å²) in [6.07, 6.45) is 2.57. The van der Waals surface area contributed by atoms with E-state index in [0.29, 0.717) is 27.4 Å². The third kappa shape index (κ3) is 3.73. The first-order valence-electron chi connectivity index (χ1n) is 9.63. The average Bonchev–Trinajstić information content (AvgIpc) is 3.14. The normalized spacial score (nSPS) is 23.8. The molecule has 0 spiro atoms. The number of amides is 1. The van der Waals surface area contributed by atoms with Crippen LogP contribution in [-0.2, 0) is 4.79 Å². The van der Waals surface area contributed by atoms with E-state index >= 15 is 0 Å². The lowest BCUT2D eigenvalue weighted by molar-refractivity contribution is -0.135. The topological polar surface area (TPSA) is 76.4 Å². The van der Waals surface area contributed by atoms with E-state index < -0.39 is 0 Å². The number of carbonyl (C=O) groups is 1. The maximum atomic E-state index is 12.2. The van der Waals surface area contributed by atoms with Gasteiger partial charge in [0, 0.05) is 32.8 Å². The van der Waals surface area contributed by atoms with Crippen LogP contribution in [0.15, 0.2) is 59.1 Å². The fourth-order valence-electron chi connectivity index (χ4n) is 4.42. The monoisotopic (exact) mass is 443 g/mol. The minimum Gasteiger partial charge on any atom is -0.484 e. The molecule has 0 radical (unpaired) electrons. The number of nitrogens with one attached hydrogen (secondary N) is 2. The second kappa shape index (κ2) is 7.22. The van der Waals surface area contributed by atoms with Crippen molar-refractivity contribution < 1.29 is 14.1 Å². The summed E-state index contributed by atoms with van der Waals surface area (Å²) in [4.78, 5) is 12.2. The number of hydrogen-bond acceptors (Lipinski definition) is 5. The van der Waals surface area contributed by atoms with Gasteiger partial charge in [-0.25, -0.2) is 0 Å². The largest absolute Gasteiger partial charge is 0.484 e. The van der Waals surface area contributed by atoms with Crippen LogP contribution in [0.3, 0.4) is 0 Å². The van der Waals surface area contributed by atoms with E-state index in [1.54, 1.807) is 24.3 Å². The number of halogens is 2. The number of nitrogens with zero attached hydrogens (tertiary/aromatic N) is 1. The van der Waals surface area contributed by atoms with E-state index in [9.17, 15) is 4.79 Å².